The van der Waals surface area contributed by atoms with E-state index in [1.54, 1.807) is 17.0 Å². The minimum atomic E-state index is -0.563. The molecular formula is C18H24Cl2N2O3S. The lowest BCUT2D eigenvalue weighted by molar-refractivity contribution is 0.0231. The van der Waals surface area contributed by atoms with Crippen LogP contribution in [0.1, 0.15) is 38.9 Å². The van der Waals surface area contributed by atoms with E-state index in [9.17, 15) is 4.79 Å². The van der Waals surface area contributed by atoms with E-state index >= 15 is 0 Å². The predicted octanol–water partition coefficient (Wildman–Crippen LogP) is 4.59. The molecule has 1 aromatic carbocycles. The van der Waals surface area contributed by atoms with Gasteiger partial charge in [0, 0.05) is 25.4 Å². The number of nitrogens with two attached hydrogens (primary N) is 1. The summed E-state index contributed by atoms with van der Waals surface area (Å²) >= 11 is 17.3. The number of carbonyl (C=O) groups excluding carboxylic acids is 1. The molecule has 1 heterocycles. The van der Waals surface area contributed by atoms with Crippen LogP contribution < -0.4 is 5.73 Å². The Morgan fingerprint density at radius 1 is 1.38 bits per heavy atom. The average Bonchev–Trinajstić information content (AvgIpc) is 2.70. The molecule has 0 unspecified atom stereocenters. The molecule has 2 rings (SSSR count). The summed E-state index contributed by atoms with van der Waals surface area (Å²) in [6.45, 7) is 6.74. The molecule has 1 aromatic rings. The van der Waals surface area contributed by atoms with Crippen molar-refractivity contribution in [2.45, 2.75) is 38.9 Å². The Morgan fingerprint density at radius 3 is 2.65 bits per heavy atom. The van der Waals surface area contributed by atoms with E-state index in [-0.39, 0.29) is 18.1 Å². The van der Waals surface area contributed by atoms with Crippen LogP contribution in [0.2, 0.25) is 10.0 Å². The van der Waals surface area contributed by atoms with E-state index < -0.39 is 5.60 Å². The van der Waals surface area contributed by atoms with Crippen molar-refractivity contribution in [3.8, 4) is 0 Å². The molecule has 5 nitrogen and oxygen atoms in total. The zero-order chi connectivity index (χ0) is 19.5. The van der Waals surface area contributed by atoms with Crippen LogP contribution in [0.15, 0.2) is 18.2 Å². The fourth-order valence-electron chi connectivity index (χ4n) is 2.88. The van der Waals surface area contributed by atoms with Gasteiger partial charge < -0.3 is 20.1 Å². The van der Waals surface area contributed by atoms with Gasteiger partial charge in [-0.3, -0.25) is 0 Å². The zero-order valence-electron chi connectivity index (χ0n) is 15.1. The van der Waals surface area contributed by atoms with Crippen molar-refractivity contribution in [3.05, 3.63) is 33.8 Å². The first-order chi connectivity index (χ1) is 12.1. The van der Waals surface area contributed by atoms with Crippen molar-refractivity contribution in [3.63, 3.8) is 0 Å². The van der Waals surface area contributed by atoms with Gasteiger partial charge in [-0.1, -0.05) is 41.5 Å². The van der Waals surface area contributed by atoms with Crippen molar-refractivity contribution in [2.75, 3.05) is 19.7 Å². The van der Waals surface area contributed by atoms with Crippen LogP contribution in [0.25, 0.3) is 0 Å². The molecule has 1 aliphatic heterocycles. The fourth-order valence-corrected chi connectivity index (χ4v) is 3.40. The highest BCUT2D eigenvalue weighted by Crippen LogP contribution is 2.35. The van der Waals surface area contributed by atoms with Gasteiger partial charge >= 0.3 is 6.09 Å². The lowest BCUT2D eigenvalue weighted by Crippen LogP contribution is -2.40. The third-order valence-corrected chi connectivity index (χ3v) is 4.83. The van der Waals surface area contributed by atoms with E-state index in [0.29, 0.717) is 41.2 Å². The summed E-state index contributed by atoms with van der Waals surface area (Å²) in [5.41, 5.74) is 6.10. The van der Waals surface area contributed by atoms with Gasteiger partial charge in [-0.15, -0.1) is 0 Å². The van der Waals surface area contributed by atoms with Gasteiger partial charge in [0.05, 0.1) is 27.7 Å². The van der Waals surface area contributed by atoms with Gasteiger partial charge in [0.25, 0.3) is 0 Å². The first-order valence-electron chi connectivity index (χ1n) is 8.39. The molecule has 0 aromatic heterocycles. The highest BCUT2D eigenvalue weighted by Gasteiger charge is 2.33. The number of benzene rings is 1. The lowest BCUT2D eigenvalue weighted by Gasteiger charge is -2.29. The number of thiocarbonyl (C=S) groups is 1. The summed E-state index contributed by atoms with van der Waals surface area (Å²) in [5, 5.41) is 0.931. The molecule has 2 atom stereocenters. The third kappa shape index (κ3) is 5.98. The average molecular weight is 419 g/mol. The van der Waals surface area contributed by atoms with Crippen molar-refractivity contribution >= 4 is 46.5 Å². The smallest absolute Gasteiger partial charge is 0.410 e. The van der Waals surface area contributed by atoms with Gasteiger partial charge in [-0.25, -0.2) is 4.79 Å². The van der Waals surface area contributed by atoms with E-state index in [4.69, 9.17) is 50.6 Å². The molecule has 0 radical (unpaired) electrons. The highest BCUT2D eigenvalue weighted by molar-refractivity contribution is 7.80. The van der Waals surface area contributed by atoms with Gasteiger partial charge in [-0.05, 0) is 38.5 Å². The van der Waals surface area contributed by atoms with Crippen molar-refractivity contribution in [1.29, 1.82) is 0 Å². The summed E-state index contributed by atoms with van der Waals surface area (Å²) in [6.07, 6.45) is -0.220. The second-order valence-corrected chi connectivity index (χ2v) is 8.66. The van der Waals surface area contributed by atoms with E-state index in [2.05, 4.69) is 0 Å². The number of hydrogen-bond donors (Lipinski definition) is 1. The van der Waals surface area contributed by atoms with Gasteiger partial charge in [0.15, 0.2) is 0 Å². The Kier molecular flexibility index (Phi) is 7.13. The molecule has 26 heavy (non-hydrogen) atoms. The highest BCUT2D eigenvalue weighted by atomic mass is 35.5. The molecule has 8 heteroatoms. The number of nitrogens with zero attached hydrogens (tertiary/aromatic N) is 1. The minimum absolute atomic E-state index is 0.111. The summed E-state index contributed by atoms with van der Waals surface area (Å²) < 4.78 is 11.5. The summed E-state index contributed by atoms with van der Waals surface area (Å²) in [5.74, 6) is -0.111. The summed E-state index contributed by atoms with van der Waals surface area (Å²) in [4.78, 5) is 14.5. The van der Waals surface area contributed by atoms with Crippen LogP contribution in [0.4, 0.5) is 4.79 Å². The van der Waals surface area contributed by atoms with Crippen LogP contribution in [0.5, 0.6) is 0 Å². The Morgan fingerprint density at radius 2 is 2.08 bits per heavy atom. The second kappa shape index (κ2) is 8.74. The zero-order valence-corrected chi connectivity index (χ0v) is 17.5. The summed E-state index contributed by atoms with van der Waals surface area (Å²) in [6, 6.07) is 5.38. The maximum atomic E-state index is 12.5. The van der Waals surface area contributed by atoms with E-state index in [1.165, 1.54) is 0 Å². The monoisotopic (exact) mass is 418 g/mol. The molecule has 1 fully saturated rings. The Balaban J connectivity index is 2.25. The molecule has 0 bridgehead atoms. The van der Waals surface area contributed by atoms with Gasteiger partial charge in [0.1, 0.15) is 5.60 Å². The molecule has 0 spiro atoms. The molecule has 0 aliphatic carbocycles. The summed E-state index contributed by atoms with van der Waals surface area (Å²) in [7, 11) is 0. The number of ether oxygens (including phenoxy) is 2. The van der Waals surface area contributed by atoms with Gasteiger partial charge in [-0.2, -0.15) is 0 Å². The largest absolute Gasteiger partial charge is 0.444 e. The van der Waals surface area contributed by atoms with Crippen LogP contribution >= 0.6 is 35.4 Å². The van der Waals surface area contributed by atoms with Crippen molar-refractivity contribution in [2.24, 2.45) is 11.7 Å². The number of amides is 1. The normalized spacial score (nSPS) is 21.2. The third-order valence-electron chi connectivity index (χ3n) is 3.93. The topological polar surface area (TPSA) is 64.8 Å². The SMILES string of the molecule is CC(C)(C)OC(=O)N1CCO[C@@H](c2ccc(Cl)c(Cl)c2)[C@H](CC(N)=S)C1. The van der Waals surface area contributed by atoms with E-state index in [0.717, 1.165) is 5.56 Å². The van der Waals surface area contributed by atoms with Crippen LogP contribution in [0, 0.1) is 5.92 Å². The number of halogens is 2. The lowest BCUT2D eigenvalue weighted by atomic mass is 9.92. The Labute approximate surface area is 169 Å². The molecule has 1 aliphatic rings. The van der Waals surface area contributed by atoms with E-state index in [1.807, 2.05) is 26.8 Å². The van der Waals surface area contributed by atoms with Gasteiger partial charge in [0.2, 0.25) is 0 Å². The van der Waals surface area contributed by atoms with Crippen LogP contribution in [0.3, 0.4) is 0 Å². The Bertz CT molecular complexity index is 679. The maximum absolute atomic E-state index is 12.5. The number of carbonyl (C=O) groups is 1. The molecule has 144 valence electrons. The molecule has 1 amide bonds. The molecule has 1 saturated heterocycles. The molecular weight excluding hydrogens is 395 g/mol. The molecule has 0 saturated carbocycles. The van der Waals surface area contributed by atoms with Crippen LogP contribution in [-0.2, 0) is 9.47 Å². The standard InChI is InChI=1S/C18H24Cl2N2O3S/c1-18(2,3)25-17(23)22-6-7-24-16(12(10-22)9-15(21)26)11-4-5-13(19)14(20)8-11/h4-5,8,12,16H,6-7,9-10H2,1-3H3,(H2,21,26)/t12-,16+/m1/s1. The first kappa shape index (κ1) is 21.2. The Hall–Kier alpha value is -1.08. The number of hydrogen-bond acceptors (Lipinski definition) is 4. The first-order valence-corrected chi connectivity index (χ1v) is 9.56. The maximum Gasteiger partial charge on any atom is 0.410 e. The second-order valence-electron chi connectivity index (χ2n) is 7.32. The fraction of sp³-hybridized carbons (Fsp3) is 0.556. The quantitative estimate of drug-likeness (QED) is 0.726. The van der Waals surface area contributed by atoms with Crippen LogP contribution in [-0.4, -0.2) is 41.3 Å². The molecule has 2 N–H and O–H groups in total. The van der Waals surface area contributed by atoms with Crippen molar-refractivity contribution < 1.29 is 14.3 Å². The number of rotatable bonds is 3. The predicted molar refractivity (Wildman–Crippen MR) is 108 cm³/mol. The van der Waals surface area contributed by atoms with Crippen molar-refractivity contribution in [1.82, 2.24) is 4.90 Å². The minimum Gasteiger partial charge on any atom is -0.444 e.